The molecule has 1 aliphatic rings. The van der Waals surface area contributed by atoms with Crippen LogP contribution in [0.5, 0.6) is 5.75 Å². The third-order valence-corrected chi connectivity index (χ3v) is 7.33. The zero-order chi connectivity index (χ0) is 33.3. The van der Waals surface area contributed by atoms with Gasteiger partial charge in [0.15, 0.2) is 0 Å². The first-order chi connectivity index (χ1) is 22.9. The SMILES string of the molecule is COC(=O)NCC(=O)Nc1cccc(F)c1CC[C@@H]1CNC[C@@H](COc2ccc(C#N)cc2)O1.c1ccc(Cc2ccccc2)cc1. The highest BCUT2D eigenvalue weighted by Crippen LogP contribution is 2.23. The maximum atomic E-state index is 14.5. The first-order valence-electron chi connectivity index (χ1n) is 15.4. The number of nitrogens with one attached hydrogen (secondary N) is 3. The van der Waals surface area contributed by atoms with Gasteiger partial charge in [0.05, 0.1) is 24.8 Å². The number of rotatable bonds is 11. The van der Waals surface area contributed by atoms with Gasteiger partial charge in [-0.15, -0.1) is 0 Å². The van der Waals surface area contributed by atoms with E-state index >= 15 is 0 Å². The van der Waals surface area contributed by atoms with Crippen LogP contribution in [0, 0.1) is 17.1 Å². The third-order valence-electron chi connectivity index (χ3n) is 7.33. The zero-order valence-electron chi connectivity index (χ0n) is 26.3. The Bertz CT molecular complexity index is 1560. The number of nitriles is 1. The van der Waals surface area contributed by atoms with Crippen molar-refractivity contribution < 1.29 is 28.2 Å². The molecule has 244 valence electrons. The molecule has 0 spiro atoms. The van der Waals surface area contributed by atoms with Gasteiger partial charge in [-0.1, -0.05) is 66.7 Å². The van der Waals surface area contributed by atoms with E-state index in [2.05, 4.69) is 87.4 Å². The van der Waals surface area contributed by atoms with Gasteiger partial charge in [0.1, 0.15) is 30.8 Å². The number of methoxy groups -OCH3 is 1. The second-order valence-electron chi connectivity index (χ2n) is 10.8. The molecular weight excluding hydrogens is 599 g/mol. The normalized spacial score (nSPS) is 15.3. The van der Waals surface area contributed by atoms with E-state index < -0.39 is 17.8 Å². The van der Waals surface area contributed by atoms with Gasteiger partial charge in [-0.05, 0) is 66.8 Å². The summed E-state index contributed by atoms with van der Waals surface area (Å²) in [6.45, 7) is 1.29. The molecule has 2 atom stereocenters. The van der Waals surface area contributed by atoms with Crippen LogP contribution in [0.15, 0.2) is 103 Å². The lowest BCUT2D eigenvalue weighted by Crippen LogP contribution is -2.47. The van der Waals surface area contributed by atoms with Gasteiger partial charge in [0.25, 0.3) is 0 Å². The van der Waals surface area contributed by atoms with E-state index in [-0.39, 0.29) is 18.8 Å². The number of hydrogen-bond donors (Lipinski definition) is 3. The summed E-state index contributed by atoms with van der Waals surface area (Å²) in [5, 5.41) is 17.1. The highest BCUT2D eigenvalue weighted by atomic mass is 19.1. The second-order valence-corrected chi connectivity index (χ2v) is 10.8. The number of carbonyl (C=O) groups excluding carboxylic acids is 2. The van der Waals surface area contributed by atoms with Crippen molar-refractivity contribution in [1.29, 1.82) is 5.26 Å². The van der Waals surface area contributed by atoms with Gasteiger partial charge in [0, 0.05) is 24.3 Å². The number of morpholine rings is 1. The van der Waals surface area contributed by atoms with Crippen molar-refractivity contribution in [3.63, 3.8) is 0 Å². The molecule has 4 aromatic rings. The molecule has 10 heteroatoms. The van der Waals surface area contributed by atoms with Crippen LogP contribution in [0.4, 0.5) is 14.9 Å². The number of ether oxygens (including phenoxy) is 3. The molecule has 1 aliphatic heterocycles. The molecule has 5 rings (SSSR count). The van der Waals surface area contributed by atoms with Gasteiger partial charge < -0.3 is 30.2 Å². The van der Waals surface area contributed by atoms with Crippen LogP contribution in [0.3, 0.4) is 0 Å². The zero-order valence-corrected chi connectivity index (χ0v) is 26.3. The number of benzene rings is 4. The largest absolute Gasteiger partial charge is 0.491 e. The van der Waals surface area contributed by atoms with Gasteiger partial charge >= 0.3 is 6.09 Å². The fraction of sp³-hybridized carbons (Fsp3) is 0.270. The summed E-state index contributed by atoms with van der Waals surface area (Å²) in [6.07, 6.45) is 0.842. The number of nitrogens with zero attached hydrogens (tertiary/aromatic N) is 1. The molecule has 1 fully saturated rings. The van der Waals surface area contributed by atoms with Crippen molar-refractivity contribution >= 4 is 17.7 Å². The summed E-state index contributed by atoms with van der Waals surface area (Å²) >= 11 is 0. The monoisotopic (exact) mass is 638 g/mol. The molecule has 2 amide bonds. The standard InChI is InChI=1S/C24H27FN4O5.C13H12/c1-32-24(31)28-14-23(30)29-22-4-2-3-21(25)20(22)10-9-18-12-27-13-19(34-18)15-33-17-7-5-16(11-26)6-8-17;1-3-7-12(8-4-1)11-13-9-5-2-6-10-13/h2-8,18-19,27H,9-10,12-15H2,1H3,(H,28,31)(H,29,30);1-10H,11H2/t18-,19+;/m1./s1. The van der Waals surface area contributed by atoms with Crippen LogP contribution < -0.4 is 20.7 Å². The molecule has 1 saturated heterocycles. The minimum atomic E-state index is -0.728. The third kappa shape index (κ3) is 11.9. The Hall–Kier alpha value is -5.24. The summed E-state index contributed by atoms with van der Waals surface area (Å²) in [5.41, 5.74) is 4.02. The van der Waals surface area contributed by atoms with Crippen LogP contribution in [-0.4, -0.2) is 57.6 Å². The topological polar surface area (TPSA) is 122 Å². The molecule has 3 N–H and O–H groups in total. The van der Waals surface area contributed by atoms with E-state index in [0.29, 0.717) is 55.1 Å². The summed E-state index contributed by atoms with van der Waals surface area (Å²) in [6, 6.07) is 34.4. The maximum Gasteiger partial charge on any atom is 0.407 e. The Labute approximate surface area is 274 Å². The van der Waals surface area contributed by atoms with E-state index in [4.69, 9.17) is 14.7 Å². The molecule has 1 heterocycles. The van der Waals surface area contributed by atoms with Crippen LogP contribution in [0.2, 0.25) is 0 Å². The van der Waals surface area contributed by atoms with E-state index in [0.717, 1.165) is 6.42 Å². The fourth-order valence-corrected chi connectivity index (χ4v) is 4.94. The minimum Gasteiger partial charge on any atom is -0.491 e. The predicted octanol–water partition coefficient (Wildman–Crippen LogP) is 5.64. The van der Waals surface area contributed by atoms with Crippen molar-refractivity contribution in [2.24, 2.45) is 0 Å². The number of anilines is 1. The molecule has 9 nitrogen and oxygen atoms in total. The van der Waals surface area contributed by atoms with Gasteiger partial charge in [-0.3, -0.25) is 4.79 Å². The van der Waals surface area contributed by atoms with Crippen molar-refractivity contribution in [3.8, 4) is 11.8 Å². The van der Waals surface area contributed by atoms with E-state index in [1.54, 1.807) is 30.3 Å². The Balaban J connectivity index is 0.000000318. The summed E-state index contributed by atoms with van der Waals surface area (Å²) in [7, 11) is 1.20. The molecule has 0 bridgehead atoms. The molecule has 4 aromatic carbocycles. The summed E-state index contributed by atoms with van der Waals surface area (Å²) in [4.78, 5) is 23.2. The smallest absolute Gasteiger partial charge is 0.407 e. The van der Waals surface area contributed by atoms with Gasteiger partial charge in [-0.2, -0.15) is 5.26 Å². The highest BCUT2D eigenvalue weighted by molar-refractivity contribution is 5.94. The maximum absolute atomic E-state index is 14.5. The summed E-state index contributed by atoms with van der Waals surface area (Å²) in [5.74, 6) is -0.269. The van der Waals surface area contributed by atoms with E-state index in [1.807, 2.05) is 0 Å². The first kappa shape index (κ1) is 34.6. The fourth-order valence-electron chi connectivity index (χ4n) is 4.94. The molecule has 0 aromatic heterocycles. The molecule has 47 heavy (non-hydrogen) atoms. The lowest BCUT2D eigenvalue weighted by atomic mass is 10.0. The van der Waals surface area contributed by atoms with Gasteiger partial charge in [-0.25, -0.2) is 9.18 Å². The van der Waals surface area contributed by atoms with Crippen molar-refractivity contribution in [2.75, 3.05) is 38.7 Å². The lowest BCUT2D eigenvalue weighted by Gasteiger charge is -2.31. The predicted molar refractivity (Wildman–Crippen MR) is 178 cm³/mol. The number of halogens is 1. The second kappa shape index (κ2) is 18.7. The Morgan fingerprint density at radius 2 is 1.57 bits per heavy atom. The van der Waals surface area contributed by atoms with Crippen molar-refractivity contribution in [3.05, 3.63) is 131 Å². The van der Waals surface area contributed by atoms with Crippen molar-refractivity contribution in [1.82, 2.24) is 10.6 Å². The molecule has 0 unspecified atom stereocenters. The number of hydrogen-bond acceptors (Lipinski definition) is 7. The van der Waals surface area contributed by atoms with E-state index in [9.17, 15) is 14.0 Å². The average molecular weight is 639 g/mol. The molecule has 0 aliphatic carbocycles. The average Bonchev–Trinajstić information content (AvgIpc) is 3.11. The number of carbonyl (C=O) groups is 2. The highest BCUT2D eigenvalue weighted by Gasteiger charge is 2.23. The van der Waals surface area contributed by atoms with E-state index in [1.165, 1.54) is 30.4 Å². The minimum absolute atomic E-state index is 0.160. The lowest BCUT2D eigenvalue weighted by molar-refractivity contribution is -0.115. The van der Waals surface area contributed by atoms with Crippen LogP contribution in [0.1, 0.15) is 28.7 Å². The first-order valence-corrected chi connectivity index (χ1v) is 15.4. The molecular formula is C37H39FN4O5. The molecule has 0 saturated carbocycles. The Morgan fingerprint density at radius 3 is 2.21 bits per heavy atom. The van der Waals surface area contributed by atoms with Crippen LogP contribution >= 0.6 is 0 Å². The summed E-state index contributed by atoms with van der Waals surface area (Å²) < 4.78 is 30.8. The van der Waals surface area contributed by atoms with Crippen LogP contribution in [-0.2, 0) is 27.1 Å². The Morgan fingerprint density at radius 1 is 0.915 bits per heavy atom. The van der Waals surface area contributed by atoms with Crippen LogP contribution in [0.25, 0.3) is 0 Å². The van der Waals surface area contributed by atoms with Crippen molar-refractivity contribution in [2.45, 2.75) is 31.5 Å². The quantitative estimate of drug-likeness (QED) is 0.195. The molecule has 0 radical (unpaired) electrons. The Kier molecular flexibility index (Phi) is 13.8. The van der Waals surface area contributed by atoms with Gasteiger partial charge in [0.2, 0.25) is 5.91 Å². The number of amides is 2. The number of alkyl carbamates (subject to hydrolysis) is 1.